The van der Waals surface area contributed by atoms with Crippen molar-refractivity contribution in [2.24, 2.45) is 0 Å². The van der Waals surface area contributed by atoms with Gasteiger partial charge in [0.15, 0.2) is 0 Å². The molecule has 0 amide bonds. The molecule has 11 rings (SSSR count). The summed E-state index contributed by atoms with van der Waals surface area (Å²) in [6.45, 7) is 9.42. The molecule has 2 heterocycles. The lowest BCUT2D eigenvalue weighted by Gasteiger charge is -2.35. The lowest BCUT2D eigenvalue weighted by atomic mass is 9.82. The van der Waals surface area contributed by atoms with Crippen molar-refractivity contribution in [3.8, 4) is 27.9 Å². The molecule has 308 valence electrons. The van der Waals surface area contributed by atoms with Gasteiger partial charge < -0.3 is 13.9 Å². The number of para-hydroxylation sites is 1. The van der Waals surface area contributed by atoms with E-state index in [0.29, 0.717) is 6.04 Å². The minimum absolute atomic E-state index is 0.0671. The van der Waals surface area contributed by atoms with Gasteiger partial charge in [0, 0.05) is 50.4 Å². The van der Waals surface area contributed by atoms with Gasteiger partial charge in [0.1, 0.15) is 11.2 Å². The molecule has 1 unspecified atom stereocenters. The van der Waals surface area contributed by atoms with Crippen molar-refractivity contribution >= 4 is 44.2 Å². The van der Waals surface area contributed by atoms with Gasteiger partial charge in [0.2, 0.25) is 0 Å². The minimum atomic E-state index is -0.0671. The maximum atomic E-state index is 6.62. The topological polar surface area (TPSA) is 21.3 Å². The van der Waals surface area contributed by atoms with Crippen LogP contribution in [0, 0.1) is 0 Å². The number of benzene rings is 6. The van der Waals surface area contributed by atoms with Crippen LogP contribution in [-0.2, 0) is 18.3 Å². The Morgan fingerprint density at radius 1 is 0.758 bits per heavy atom. The van der Waals surface area contributed by atoms with Crippen LogP contribution in [0.4, 0.5) is 11.4 Å². The molecule has 3 aliphatic carbocycles. The zero-order valence-corrected chi connectivity index (χ0v) is 36.7. The van der Waals surface area contributed by atoms with Crippen LogP contribution >= 0.6 is 0 Å². The van der Waals surface area contributed by atoms with Gasteiger partial charge in [-0.2, -0.15) is 0 Å². The van der Waals surface area contributed by atoms with E-state index in [1.807, 2.05) is 0 Å². The maximum absolute atomic E-state index is 6.62. The molecule has 1 atom stereocenters. The number of aromatic nitrogens is 1. The zero-order chi connectivity index (χ0) is 42.0. The Labute approximate surface area is 366 Å². The summed E-state index contributed by atoms with van der Waals surface area (Å²) in [6.07, 6.45) is 19.5. The Kier molecular flexibility index (Phi) is 9.68. The van der Waals surface area contributed by atoms with Gasteiger partial charge in [-0.25, -0.2) is 0 Å². The summed E-state index contributed by atoms with van der Waals surface area (Å²) in [5, 5.41) is 3.70. The first kappa shape index (κ1) is 38.6. The van der Waals surface area contributed by atoms with Gasteiger partial charge in [-0.15, -0.1) is 0 Å². The predicted molar refractivity (Wildman–Crippen MR) is 262 cm³/mol. The van der Waals surface area contributed by atoms with Gasteiger partial charge in [-0.05, 0) is 169 Å². The van der Waals surface area contributed by atoms with E-state index in [1.165, 1.54) is 107 Å². The fourth-order valence-corrected chi connectivity index (χ4v) is 11.2. The quantitative estimate of drug-likeness (QED) is 0.137. The number of aryl methyl sites for hydroxylation is 1. The Bertz CT molecular complexity index is 3110. The molecule has 3 heteroatoms. The second kappa shape index (κ2) is 15.5. The molecule has 8 aromatic rings. The number of anilines is 2. The Morgan fingerprint density at radius 2 is 1.56 bits per heavy atom. The molecule has 0 N–H and O–H groups in total. The first-order chi connectivity index (χ1) is 30.4. The third-order valence-corrected chi connectivity index (χ3v) is 14.4. The minimum Gasteiger partial charge on any atom is -0.455 e. The second-order valence-electron chi connectivity index (χ2n) is 18.4. The highest BCUT2D eigenvalue weighted by molar-refractivity contribution is 6.16. The summed E-state index contributed by atoms with van der Waals surface area (Å²) in [5.74, 6) is 0. The van der Waals surface area contributed by atoms with E-state index >= 15 is 0 Å². The Balaban J connectivity index is 0.964. The standard InChI is InChI=1S/C59H56N2O/c1-5-43(21-15-17-39(2)40-18-7-6-8-19-40)60(46-33-34-48-47-23-9-12-26-52(47)59(3,4)53(48)38-46)45-22-16-20-42(37-45)41-29-31-44(32-30-41)61-54-27-13-10-25-51(54)57-55(61)36-35-50-49-24-11-14-28-56(49)62-58(50)57/h7,9,11-12,14,16-20,22-24,26,28-38,43H,5-6,8,10,13,15,21,25,27H2,1-4H3/b39-17+. The van der Waals surface area contributed by atoms with E-state index in [9.17, 15) is 0 Å². The second-order valence-corrected chi connectivity index (χ2v) is 18.4. The molecule has 0 saturated heterocycles. The average molecular weight is 809 g/mol. The van der Waals surface area contributed by atoms with E-state index in [0.717, 1.165) is 56.1 Å². The molecule has 2 aromatic heterocycles. The fraction of sp³-hybridized carbons (Fsp3) is 0.254. The third kappa shape index (κ3) is 6.39. The molecule has 3 aliphatic rings. The Hall–Kier alpha value is -6.32. The molecular formula is C59H56N2O. The number of rotatable bonds is 10. The molecule has 0 bridgehead atoms. The largest absolute Gasteiger partial charge is 0.455 e. The summed E-state index contributed by atoms with van der Waals surface area (Å²) in [7, 11) is 0. The van der Waals surface area contributed by atoms with Crippen molar-refractivity contribution in [3.05, 3.63) is 185 Å². The lowest BCUT2D eigenvalue weighted by Crippen LogP contribution is -2.31. The van der Waals surface area contributed by atoms with Gasteiger partial charge in [0.25, 0.3) is 0 Å². The van der Waals surface area contributed by atoms with Crippen molar-refractivity contribution in [1.82, 2.24) is 4.57 Å². The smallest absolute Gasteiger partial charge is 0.145 e. The van der Waals surface area contributed by atoms with Gasteiger partial charge in [-0.1, -0.05) is 118 Å². The van der Waals surface area contributed by atoms with E-state index in [1.54, 1.807) is 0 Å². The van der Waals surface area contributed by atoms with Gasteiger partial charge in [0.05, 0.1) is 5.52 Å². The van der Waals surface area contributed by atoms with Crippen LogP contribution in [0.3, 0.4) is 0 Å². The van der Waals surface area contributed by atoms with Crippen molar-refractivity contribution in [3.63, 3.8) is 0 Å². The first-order valence-corrected chi connectivity index (χ1v) is 23.1. The molecule has 0 radical (unpaired) electrons. The van der Waals surface area contributed by atoms with Crippen LogP contribution in [0.5, 0.6) is 0 Å². The molecule has 0 saturated carbocycles. The number of furan rings is 1. The maximum Gasteiger partial charge on any atom is 0.145 e. The van der Waals surface area contributed by atoms with E-state index in [2.05, 4.69) is 189 Å². The van der Waals surface area contributed by atoms with E-state index in [-0.39, 0.29) is 5.41 Å². The zero-order valence-electron chi connectivity index (χ0n) is 36.7. The van der Waals surface area contributed by atoms with Crippen LogP contribution in [-0.4, -0.2) is 10.6 Å². The van der Waals surface area contributed by atoms with Crippen LogP contribution in [0.15, 0.2) is 167 Å². The molecule has 0 aliphatic heterocycles. The highest BCUT2D eigenvalue weighted by atomic mass is 16.3. The molecule has 0 spiro atoms. The van der Waals surface area contributed by atoms with Crippen molar-refractivity contribution < 1.29 is 4.42 Å². The summed E-state index contributed by atoms with van der Waals surface area (Å²) in [4.78, 5) is 2.65. The molecule has 3 nitrogen and oxygen atoms in total. The average Bonchev–Trinajstić information content (AvgIpc) is 3.94. The van der Waals surface area contributed by atoms with Crippen LogP contribution in [0.25, 0.3) is 60.8 Å². The van der Waals surface area contributed by atoms with Crippen molar-refractivity contribution in [2.75, 3.05) is 4.90 Å². The number of nitrogens with zero attached hydrogens (tertiary/aromatic N) is 2. The van der Waals surface area contributed by atoms with Gasteiger partial charge in [-0.3, -0.25) is 0 Å². The fourth-order valence-electron chi connectivity index (χ4n) is 11.2. The lowest BCUT2D eigenvalue weighted by molar-refractivity contribution is 0.585. The van der Waals surface area contributed by atoms with Crippen molar-refractivity contribution in [1.29, 1.82) is 0 Å². The van der Waals surface area contributed by atoms with Crippen LogP contribution in [0.1, 0.15) is 95.0 Å². The number of hydrogen-bond acceptors (Lipinski definition) is 2. The molecular weight excluding hydrogens is 753 g/mol. The monoisotopic (exact) mass is 808 g/mol. The van der Waals surface area contributed by atoms with E-state index in [4.69, 9.17) is 4.42 Å². The molecule has 0 fully saturated rings. The number of fused-ring (bicyclic) bond motifs is 10. The molecule has 62 heavy (non-hydrogen) atoms. The normalized spacial score (nSPS) is 16.1. The summed E-state index contributed by atoms with van der Waals surface area (Å²) < 4.78 is 9.15. The summed E-state index contributed by atoms with van der Waals surface area (Å²) >= 11 is 0. The van der Waals surface area contributed by atoms with Crippen LogP contribution in [0.2, 0.25) is 0 Å². The summed E-state index contributed by atoms with van der Waals surface area (Å²) in [6, 6.07) is 48.2. The summed E-state index contributed by atoms with van der Waals surface area (Å²) in [5.41, 5.74) is 20.6. The highest BCUT2D eigenvalue weighted by Gasteiger charge is 2.36. The van der Waals surface area contributed by atoms with Crippen molar-refractivity contribution in [2.45, 2.75) is 96.9 Å². The number of allylic oxidation sites excluding steroid dienone is 6. The number of hydrogen-bond donors (Lipinski definition) is 0. The Morgan fingerprint density at radius 3 is 2.42 bits per heavy atom. The third-order valence-electron chi connectivity index (χ3n) is 14.4. The first-order valence-electron chi connectivity index (χ1n) is 23.1. The van der Waals surface area contributed by atoms with Crippen LogP contribution < -0.4 is 4.90 Å². The highest BCUT2D eigenvalue weighted by Crippen LogP contribution is 2.50. The predicted octanol–water partition coefficient (Wildman–Crippen LogP) is 16.3. The SMILES string of the molecule is CCC(CC/C=C(\C)C1=CCCC=C1)N(c1cccc(-c2ccc(-n3c4c(c5c6oc7ccccc7c6ccc53)CCCC4)cc2)c1)c1ccc2c(c1)C(C)(C)c1ccccc1-2. The van der Waals surface area contributed by atoms with E-state index < -0.39 is 0 Å². The molecule has 6 aromatic carbocycles. The van der Waals surface area contributed by atoms with Gasteiger partial charge >= 0.3 is 0 Å².